The molecule has 2 aromatic rings. The van der Waals surface area contributed by atoms with Crippen LogP contribution in [-0.4, -0.2) is 16.5 Å². The van der Waals surface area contributed by atoms with Crippen molar-refractivity contribution in [3.05, 3.63) is 53.0 Å². The first-order valence-corrected chi connectivity index (χ1v) is 7.54. The van der Waals surface area contributed by atoms with E-state index in [0.717, 1.165) is 24.5 Å². The summed E-state index contributed by atoms with van der Waals surface area (Å²) in [7, 11) is 0. The third kappa shape index (κ3) is 2.63. The van der Waals surface area contributed by atoms with E-state index in [4.69, 9.17) is 10.7 Å². The van der Waals surface area contributed by atoms with Crippen LogP contribution in [0.5, 0.6) is 0 Å². The van der Waals surface area contributed by atoms with Gasteiger partial charge in [0, 0.05) is 36.7 Å². The number of anilines is 1. The number of hydrogen-bond donors (Lipinski definition) is 1. The van der Waals surface area contributed by atoms with Gasteiger partial charge in [0.2, 0.25) is 0 Å². The van der Waals surface area contributed by atoms with E-state index < -0.39 is 0 Å². The van der Waals surface area contributed by atoms with E-state index in [-0.39, 0.29) is 0 Å². The van der Waals surface area contributed by atoms with Gasteiger partial charge in [-0.3, -0.25) is 4.98 Å². The standard InChI is InChI=1S/C17H22N4/c1-12-10-13(2)20-17(15(12)11-18)21-9-3-4-16(21)14-5-7-19-8-6-14/h5-8,10,16H,3-4,9,11,18H2,1-2H3. The van der Waals surface area contributed by atoms with E-state index in [1.165, 1.54) is 23.1 Å². The first-order chi connectivity index (χ1) is 10.2. The summed E-state index contributed by atoms with van der Waals surface area (Å²) in [5, 5.41) is 0. The molecule has 2 N–H and O–H groups in total. The van der Waals surface area contributed by atoms with Gasteiger partial charge in [-0.2, -0.15) is 0 Å². The predicted octanol–water partition coefficient (Wildman–Crippen LogP) is 2.89. The minimum absolute atomic E-state index is 0.381. The number of nitrogens with zero attached hydrogens (tertiary/aromatic N) is 3. The molecule has 3 heterocycles. The summed E-state index contributed by atoms with van der Waals surface area (Å²) >= 11 is 0. The van der Waals surface area contributed by atoms with Crippen molar-refractivity contribution < 1.29 is 0 Å². The fourth-order valence-electron chi connectivity index (χ4n) is 3.29. The highest BCUT2D eigenvalue weighted by molar-refractivity contribution is 5.54. The normalized spacial score (nSPS) is 18.2. The number of aryl methyl sites for hydroxylation is 2. The molecule has 3 rings (SSSR count). The lowest BCUT2D eigenvalue weighted by atomic mass is 10.0. The molecular formula is C17H22N4. The first kappa shape index (κ1) is 14.0. The second-order valence-corrected chi connectivity index (χ2v) is 5.72. The van der Waals surface area contributed by atoms with E-state index in [0.29, 0.717) is 12.6 Å². The fraction of sp³-hybridized carbons (Fsp3) is 0.412. The zero-order chi connectivity index (χ0) is 14.8. The molecule has 4 nitrogen and oxygen atoms in total. The number of aromatic nitrogens is 2. The van der Waals surface area contributed by atoms with Gasteiger partial charge in [0.15, 0.2) is 0 Å². The molecule has 0 amide bonds. The minimum atomic E-state index is 0.381. The second kappa shape index (κ2) is 5.82. The summed E-state index contributed by atoms with van der Waals surface area (Å²) in [5.74, 6) is 1.06. The molecule has 0 saturated carbocycles. The average molecular weight is 282 g/mol. The Balaban J connectivity index is 2.03. The second-order valence-electron chi connectivity index (χ2n) is 5.72. The van der Waals surface area contributed by atoms with Gasteiger partial charge < -0.3 is 10.6 Å². The molecule has 1 atom stereocenters. The van der Waals surface area contributed by atoms with Crippen molar-refractivity contribution in [2.75, 3.05) is 11.4 Å². The van der Waals surface area contributed by atoms with Crippen LogP contribution in [-0.2, 0) is 6.54 Å². The van der Waals surface area contributed by atoms with E-state index in [1.54, 1.807) is 0 Å². The summed E-state index contributed by atoms with van der Waals surface area (Å²) in [4.78, 5) is 11.3. The van der Waals surface area contributed by atoms with E-state index in [9.17, 15) is 0 Å². The average Bonchev–Trinajstić information content (AvgIpc) is 2.96. The van der Waals surface area contributed by atoms with Crippen LogP contribution in [0, 0.1) is 13.8 Å². The number of hydrogen-bond acceptors (Lipinski definition) is 4. The molecule has 1 aliphatic heterocycles. The number of nitrogens with two attached hydrogens (primary N) is 1. The van der Waals surface area contributed by atoms with E-state index in [2.05, 4.69) is 35.0 Å². The third-order valence-corrected chi connectivity index (χ3v) is 4.27. The quantitative estimate of drug-likeness (QED) is 0.940. The van der Waals surface area contributed by atoms with Crippen LogP contribution in [0.15, 0.2) is 30.6 Å². The molecule has 0 aliphatic carbocycles. The van der Waals surface area contributed by atoms with Crippen LogP contribution in [0.1, 0.15) is 41.3 Å². The molecule has 1 unspecified atom stereocenters. The molecule has 1 saturated heterocycles. The Hall–Kier alpha value is -1.94. The molecule has 0 spiro atoms. The van der Waals surface area contributed by atoms with Crippen LogP contribution in [0.25, 0.3) is 0 Å². The highest BCUT2D eigenvalue weighted by atomic mass is 15.2. The lowest BCUT2D eigenvalue weighted by Gasteiger charge is -2.29. The molecule has 1 fully saturated rings. The highest BCUT2D eigenvalue weighted by Gasteiger charge is 2.29. The van der Waals surface area contributed by atoms with Crippen LogP contribution in [0.3, 0.4) is 0 Å². The van der Waals surface area contributed by atoms with Crippen molar-refractivity contribution in [2.45, 2.75) is 39.3 Å². The smallest absolute Gasteiger partial charge is 0.134 e. The lowest BCUT2D eigenvalue weighted by molar-refractivity contribution is 0.704. The molecule has 4 heteroatoms. The van der Waals surface area contributed by atoms with Gasteiger partial charge in [0.1, 0.15) is 5.82 Å². The number of pyridine rings is 2. The topological polar surface area (TPSA) is 55.0 Å². The SMILES string of the molecule is Cc1cc(C)c(CN)c(N2CCCC2c2ccncc2)n1. The summed E-state index contributed by atoms with van der Waals surface area (Å²) in [6, 6.07) is 6.71. The van der Waals surface area contributed by atoms with Crippen molar-refractivity contribution in [2.24, 2.45) is 5.73 Å². The Kier molecular flexibility index (Phi) is 3.88. The van der Waals surface area contributed by atoms with Gasteiger partial charge in [0.05, 0.1) is 6.04 Å². The van der Waals surface area contributed by atoms with Gasteiger partial charge in [-0.15, -0.1) is 0 Å². The largest absolute Gasteiger partial charge is 0.349 e. The molecule has 110 valence electrons. The summed E-state index contributed by atoms with van der Waals surface area (Å²) in [6.45, 7) is 5.75. The van der Waals surface area contributed by atoms with Crippen molar-refractivity contribution in [1.82, 2.24) is 9.97 Å². The van der Waals surface area contributed by atoms with Crippen molar-refractivity contribution >= 4 is 5.82 Å². The lowest BCUT2D eigenvalue weighted by Crippen LogP contribution is -2.26. The summed E-state index contributed by atoms with van der Waals surface area (Å²) < 4.78 is 0. The minimum Gasteiger partial charge on any atom is -0.349 e. The molecule has 21 heavy (non-hydrogen) atoms. The Labute approximate surface area is 126 Å². The molecule has 0 bridgehead atoms. The van der Waals surface area contributed by atoms with Crippen molar-refractivity contribution in [3.63, 3.8) is 0 Å². The maximum atomic E-state index is 5.98. The molecule has 0 radical (unpaired) electrons. The van der Waals surface area contributed by atoms with Gasteiger partial charge in [-0.05, 0) is 56.0 Å². The molecular weight excluding hydrogens is 260 g/mol. The Morgan fingerprint density at radius 3 is 2.76 bits per heavy atom. The Morgan fingerprint density at radius 2 is 2.05 bits per heavy atom. The van der Waals surface area contributed by atoms with Crippen molar-refractivity contribution in [3.8, 4) is 0 Å². The van der Waals surface area contributed by atoms with Gasteiger partial charge in [0.25, 0.3) is 0 Å². The molecule has 0 aromatic carbocycles. The van der Waals surface area contributed by atoms with E-state index >= 15 is 0 Å². The van der Waals surface area contributed by atoms with Crippen LogP contribution in [0.4, 0.5) is 5.82 Å². The number of rotatable bonds is 3. The maximum absolute atomic E-state index is 5.98. The van der Waals surface area contributed by atoms with Gasteiger partial charge >= 0.3 is 0 Å². The zero-order valence-corrected chi connectivity index (χ0v) is 12.7. The third-order valence-electron chi connectivity index (χ3n) is 4.27. The summed E-state index contributed by atoms with van der Waals surface area (Å²) in [5.41, 5.74) is 10.7. The van der Waals surface area contributed by atoms with Crippen LogP contribution in [0.2, 0.25) is 0 Å². The Morgan fingerprint density at radius 1 is 1.29 bits per heavy atom. The van der Waals surface area contributed by atoms with Gasteiger partial charge in [-0.1, -0.05) is 0 Å². The maximum Gasteiger partial charge on any atom is 0.134 e. The highest BCUT2D eigenvalue weighted by Crippen LogP contribution is 2.37. The van der Waals surface area contributed by atoms with E-state index in [1.807, 2.05) is 19.3 Å². The summed E-state index contributed by atoms with van der Waals surface area (Å²) in [6.07, 6.45) is 6.07. The first-order valence-electron chi connectivity index (χ1n) is 7.54. The molecule has 1 aliphatic rings. The van der Waals surface area contributed by atoms with Crippen LogP contribution >= 0.6 is 0 Å². The monoisotopic (exact) mass is 282 g/mol. The fourth-order valence-corrected chi connectivity index (χ4v) is 3.29. The zero-order valence-electron chi connectivity index (χ0n) is 12.7. The van der Waals surface area contributed by atoms with Crippen molar-refractivity contribution in [1.29, 1.82) is 0 Å². The van der Waals surface area contributed by atoms with Crippen LogP contribution < -0.4 is 10.6 Å². The molecule has 2 aromatic heterocycles. The predicted molar refractivity (Wildman–Crippen MR) is 85.2 cm³/mol. The Bertz CT molecular complexity index is 624. The van der Waals surface area contributed by atoms with Gasteiger partial charge in [-0.25, -0.2) is 4.98 Å².